The van der Waals surface area contributed by atoms with Crippen LogP contribution in [0.5, 0.6) is 0 Å². The molecule has 1 aliphatic rings. The zero-order chi connectivity index (χ0) is 13.3. The molecule has 2 atom stereocenters. The van der Waals surface area contributed by atoms with Crippen molar-refractivity contribution in [3.8, 4) is 0 Å². The first-order chi connectivity index (χ1) is 7.61. The lowest BCUT2D eigenvalue weighted by Crippen LogP contribution is -2.45. The highest BCUT2D eigenvalue weighted by molar-refractivity contribution is 7.89. The molecule has 0 radical (unpaired) electrons. The van der Waals surface area contributed by atoms with Crippen LogP contribution in [0.3, 0.4) is 0 Å². The van der Waals surface area contributed by atoms with E-state index in [1.165, 1.54) is 0 Å². The Balaban J connectivity index is 2.68. The fraction of sp³-hybridized carbons (Fsp3) is 0.900. The Bertz CT molecular complexity index is 384. The lowest BCUT2D eigenvalue weighted by atomic mass is 10.0. The predicted octanol–water partition coefficient (Wildman–Crippen LogP) is 0.0515. The van der Waals surface area contributed by atoms with E-state index in [1.54, 1.807) is 0 Å². The quantitative estimate of drug-likeness (QED) is 0.749. The zero-order valence-corrected chi connectivity index (χ0v) is 11.1. The molecule has 1 fully saturated rings. The minimum atomic E-state index is -3.48. The van der Waals surface area contributed by atoms with Crippen LogP contribution in [-0.4, -0.2) is 44.5 Å². The van der Waals surface area contributed by atoms with Crippen LogP contribution in [0, 0.1) is 11.3 Å². The molecule has 0 amide bonds. The van der Waals surface area contributed by atoms with Crippen LogP contribution >= 0.6 is 0 Å². The second-order valence-corrected chi connectivity index (χ2v) is 7.28. The second kappa shape index (κ2) is 4.91. The maximum Gasteiger partial charge on any atom is 0.310 e. The minimum Gasteiger partial charge on any atom is -0.481 e. The third kappa shape index (κ3) is 4.61. The second-order valence-electron chi connectivity index (χ2n) is 5.53. The monoisotopic (exact) mass is 265 g/mol. The molecule has 17 heavy (non-hydrogen) atoms. The van der Waals surface area contributed by atoms with Gasteiger partial charge in [-0.25, -0.2) is 13.1 Å². The normalized spacial score (nSPS) is 26.1. The van der Waals surface area contributed by atoms with Crippen molar-refractivity contribution in [2.24, 2.45) is 11.3 Å². The highest BCUT2D eigenvalue weighted by Crippen LogP contribution is 2.19. The van der Waals surface area contributed by atoms with Crippen molar-refractivity contribution in [3.63, 3.8) is 0 Å². The summed E-state index contributed by atoms with van der Waals surface area (Å²) in [6, 6.07) is -0.667. The fourth-order valence-electron chi connectivity index (χ4n) is 1.76. The van der Waals surface area contributed by atoms with E-state index >= 15 is 0 Å². The first-order valence-electron chi connectivity index (χ1n) is 5.41. The Morgan fingerprint density at radius 3 is 2.47 bits per heavy atom. The molecule has 1 aliphatic heterocycles. The Morgan fingerprint density at radius 2 is 2.00 bits per heavy atom. The van der Waals surface area contributed by atoms with Gasteiger partial charge in [0.15, 0.2) is 0 Å². The van der Waals surface area contributed by atoms with Crippen molar-refractivity contribution in [1.82, 2.24) is 4.72 Å². The maximum atomic E-state index is 11.8. The molecule has 0 spiro atoms. The number of ether oxygens (including phenoxy) is 1. The van der Waals surface area contributed by atoms with Gasteiger partial charge in [0.1, 0.15) is 0 Å². The van der Waals surface area contributed by atoms with E-state index in [0.717, 1.165) is 0 Å². The summed E-state index contributed by atoms with van der Waals surface area (Å²) in [5, 5.41) is 8.90. The number of hydrogen-bond acceptors (Lipinski definition) is 4. The third-order valence-corrected chi connectivity index (χ3v) is 4.26. The van der Waals surface area contributed by atoms with Gasteiger partial charge in [0, 0.05) is 0 Å². The van der Waals surface area contributed by atoms with Gasteiger partial charge < -0.3 is 9.84 Å². The topological polar surface area (TPSA) is 92.7 Å². The average molecular weight is 265 g/mol. The molecule has 0 aromatic heterocycles. The van der Waals surface area contributed by atoms with Gasteiger partial charge in [0.05, 0.1) is 30.9 Å². The predicted molar refractivity (Wildman–Crippen MR) is 62.1 cm³/mol. The van der Waals surface area contributed by atoms with Gasteiger partial charge in [-0.15, -0.1) is 0 Å². The van der Waals surface area contributed by atoms with Crippen molar-refractivity contribution in [2.75, 3.05) is 19.0 Å². The molecular weight excluding hydrogens is 246 g/mol. The number of carbonyl (C=O) groups is 1. The summed E-state index contributed by atoms with van der Waals surface area (Å²) in [4.78, 5) is 10.9. The SMILES string of the molecule is CC(C)(C)CS(=O)(=O)NC1COCC1C(=O)O. The van der Waals surface area contributed by atoms with Gasteiger partial charge >= 0.3 is 5.97 Å². The summed E-state index contributed by atoms with van der Waals surface area (Å²) in [6.45, 7) is 5.60. The standard InChI is InChI=1S/C10H19NO5S/c1-10(2,3)6-17(14,15)11-8-5-16-4-7(8)9(12)13/h7-8,11H,4-6H2,1-3H3,(H,12,13). The summed E-state index contributed by atoms with van der Waals surface area (Å²) in [5.41, 5.74) is -0.371. The molecule has 0 bridgehead atoms. The van der Waals surface area contributed by atoms with E-state index in [0.29, 0.717) is 0 Å². The Labute approximate surface area is 101 Å². The molecule has 1 heterocycles. The van der Waals surface area contributed by atoms with E-state index in [4.69, 9.17) is 9.84 Å². The Kier molecular flexibility index (Phi) is 4.16. The van der Waals surface area contributed by atoms with E-state index in [1.807, 2.05) is 20.8 Å². The van der Waals surface area contributed by atoms with Crippen LogP contribution in [0.4, 0.5) is 0 Å². The van der Waals surface area contributed by atoms with Gasteiger partial charge in [0.25, 0.3) is 0 Å². The number of carboxylic acid groups (broad SMARTS) is 1. The zero-order valence-electron chi connectivity index (χ0n) is 10.3. The van der Waals surface area contributed by atoms with E-state index in [9.17, 15) is 13.2 Å². The van der Waals surface area contributed by atoms with Gasteiger partial charge in [-0.05, 0) is 5.41 Å². The van der Waals surface area contributed by atoms with Gasteiger partial charge in [-0.1, -0.05) is 20.8 Å². The van der Waals surface area contributed by atoms with Crippen LogP contribution in [0.2, 0.25) is 0 Å². The molecule has 0 saturated carbocycles. The van der Waals surface area contributed by atoms with Gasteiger partial charge in [-0.2, -0.15) is 0 Å². The Morgan fingerprint density at radius 1 is 1.41 bits per heavy atom. The summed E-state index contributed by atoms with van der Waals surface area (Å²) in [7, 11) is -3.48. The molecule has 1 saturated heterocycles. The number of hydrogen-bond donors (Lipinski definition) is 2. The first-order valence-corrected chi connectivity index (χ1v) is 7.06. The van der Waals surface area contributed by atoms with Crippen LogP contribution in [-0.2, 0) is 19.6 Å². The van der Waals surface area contributed by atoms with Crippen molar-refractivity contribution < 1.29 is 23.1 Å². The highest BCUT2D eigenvalue weighted by atomic mass is 32.2. The van der Waals surface area contributed by atoms with Crippen LogP contribution in [0.15, 0.2) is 0 Å². The number of rotatable bonds is 4. The van der Waals surface area contributed by atoms with Gasteiger partial charge in [-0.3, -0.25) is 4.79 Å². The molecule has 6 nitrogen and oxygen atoms in total. The van der Waals surface area contributed by atoms with Crippen LogP contribution in [0.25, 0.3) is 0 Å². The summed E-state index contributed by atoms with van der Waals surface area (Å²) in [6.07, 6.45) is 0. The van der Waals surface area contributed by atoms with E-state index in [-0.39, 0.29) is 24.4 Å². The minimum absolute atomic E-state index is 0.0389. The Hall–Kier alpha value is -0.660. The third-order valence-electron chi connectivity index (χ3n) is 2.35. The summed E-state index contributed by atoms with van der Waals surface area (Å²) < 4.78 is 31.0. The highest BCUT2D eigenvalue weighted by Gasteiger charge is 2.37. The molecule has 2 N–H and O–H groups in total. The van der Waals surface area contributed by atoms with Crippen molar-refractivity contribution in [1.29, 1.82) is 0 Å². The van der Waals surface area contributed by atoms with Crippen molar-refractivity contribution in [2.45, 2.75) is 26.8 Å². The molecule has 0 aliphatic carbocycles. The molecule has 2 unspecified atom stereocenters. The van der Waals surface area contributed by atoms with Crippen molar-refractivity contribution >= 4 is 16.0 Å². The molecule has 0 aromatic carbocycles. The van der Waals surface area contributed by atoms with Crippen molar-refractivity contribution in [3.05, 3.63) is 0 Å². The largest absolute Gasteiger partial charge is 0.481 e. The fourth-order valence-corrected chi connectivity index (χ4v) is 3.67. The molecule has 0 aromatic rings. The first kappa shape index (κ1) is 14.4. The summed E-state index contributed by atoms with van der Waals surface area (Å²) in [5.74, 6) is -1.88. The lowest BCUT2D eigenvalue weighted by Gasteiger charge is -2.21. The lowest BCUT2D eigenvalue weighted by molar-refractivity contribution is -0.142. The van der Waals surface area contributed by atoms with E-state index in [2.05, 4.69) is 4.72 Å². The molecular formula is C10H19NO5S. The number of aliphatic carboxylic acids is 1. The smallest absolute Gasteiger partial charge is 0.310 e. The average Bonchev–Trinajstić information content (AvgIpc) is 2.45. The molecule has 7 heteroatoms. The van der Waals surface area contributed by atoms with Crippen LogP contribution < -0.4 is 4.72 Å². The van der Waals surface area contributed by atoms with Crippen LogP contribution in [0.1, 0.15) is 20.8 Å². The molecule has 100 valence electrons. The number of nitrogens with one attached hydrogen (secondary N) is 1. The number of carboxylic acids is 1. The summed E-state index contributed by atoms with van der Waals surface area (Å²) >= 11 is 0. The van der Waals surface area contributed by atoms with Gasteiger partial charge in [0.2, 0.25) is 10.0 Å². The maximum absolute atomic E-state index is 11.8. The molecule has 1 rings (SSSR count). The number of sulfonamides is 1. The van der Waals surface area contributed by atoms with E-state index < -0.39 is 28.0 Å².